The van der Waals surface area contributed by atoms with Crippen molar-refractivity contribution < 1.29 is 4.74 Å². The topological polar surface area (TPSA) is 69.3 Å². The van der Waals surface area contributed by atoms with Crippen LogP contribution < -0.4 is 10.1 Å². The highest BCUT2D eigenvalue weighted by atomic mass is 16.5. The molecule has 0 aliphatic carbocycles. The van der Waals surface area contributed by atoms with Crippen molar-refractivity contribution in [2.24, 2.45) is 0 Å². The number of hydrogen-bond donors (Lipinski definition) is 1. The lowest BCUT2D eigenvalue weighted by atomic mass is 10.1. The second-order valence-electron chi connectivity index (χ2n) is 7.18. The van der Waals surface area contributed by atoms with Gasteiger partial charge in [-0.1, -0.05) is 30.3 Å². The predicted octanol–water partition coefficient (Wildman–Crippen LogP) is 3.88. The fourth-order valence-electron chi connectivity index (χ4n) is 3.56. The fourth-order valence-corrected chi connectivity index (χ4v) is 3.56. The normalized spacial score (nSPS) is 11.1. The molecule has 154 valence electrons. The molecule has 0 unspecified atom stereocenters. The fraction of sp³-hybridized carbons (Fsp3) is 0.125. The molecule has 7 heteroatoms. The third kappa shape index (κ3) is 4.04. The number of fused-ring (bicyclic) bond motifs is 1. The number of hydrogen-bond acceptors (Lipinski definition) is 5. The van der Waals surface area contributed by atoms with Crippen LogP contribution in [0.4, 0.5) is 0 Å². The van der Waals surface area contributed by atoms with E-state index in [1.54, 1.807) is 13.3 Å². The Bertz CT molecular complexity index is 1280. The van der Waals surface area contributed by atoms with Crippen LogP contribution in [0.2, 0.25) is 0 Å². The summed E-state index contributed by atoms with van der Waals surface area (Å²) in [4.78, 5) is 8.83. The summed E-state index contributed by atoms with van der Waals surface area (Å²) in [6.07, 6.45) is 7.76. The maximum atomic E-state index is 5.41. The number of methoxy groups -OCH3 is 1. The number of ether oxygens (including phenoxy) is 1. The van der Waals surface area contributed by atoms with Gasteiger partial charge in [-0.2, -0.15) is 5.10 Å². The van der Waals surface area contributed by atoms with E-state index < -0.39 is 0 Å². The van der Waals surface area contributed by atoms with E-state index in [-0.39, 0.29) is 0 Å². The third-order valence-electron chi connectivity index (χ3n) is 5.06. The summed E-state index contributed by atoms with van der Waals surface area (Å²) >= 11 is 0. The number of nitrogens with one attached hydrogen (secondary N) is 1. The van der Waals surface area contributed by atoms with Crippen LogP contribution in [0.25, 0.3) is 22.7 Å². The van der Waals surface area contributed by atoms with Crippen molar-refractivity contribution in [1.82, 2.24) is 29.5 Å². The number of para-hydroxylation sites is 1. The molecule has 5 aromatic rings. The molecule has 0 aliphatic heterocycles. The maximum Gasteiger partial charge on any atom is 0.233 e. The van der Waals surface area contributed by atoms with Gasteiger partial charge in [0.15, 0.2) is 0 Å². The number of aromatic nitrogens is 5. The largest absolute Gasteiger partial charge is 0.497 e. The smallest absolute Gasteiger partial charge is 0.233 e. The highest BCUT2D eigenvalue weighted by molar-refractivity contribution is 5.65. The van der Waals surface area contributed by atoms with Gasteiger partial charge in [0.2, 0.25) is 5.78 Å². The van der Waals surface area contributed by atoms with Gasteiger partial charge in [0.25, 0.3) is 0 Å². The quantitative estimate of drug-likeness (QED) is 0.441. The minimum absolute atomic E-state index is 0.636. The number of benzene rings is 2. The summed E-state index contributed by atoms with van der Waals surface area (Å²) in [5.41, 5.74) is 5.00. The van der Waals surface area contributed by atoms with Gasteiger partial charge < -0.3 is 10.1 Å². The molecular formula is C24H22N6O. The molecule has 7 nitrogen and oxygen atoms in total. The second kappa shape index (κ2) is 8.41. The van der Waals surface area contributed by atoms with E-state index in [0.29, 0.717) is 18.9 Å². The van der Waals surface area contributed by atoms with Gasteiger partial charge in [0, 0.05) is 49.0 Å². The molecule has 0 radical (unpaired) electrons. The van der Waals surface area contributed by atoms with Gasteiger partial charge in [-0.05, 0) is 30.3 Å². The Kier molecular flexibility index (Phi) is 5.16. The van der Waals surface area contributed by atoms with Crippen molar-refractivity contribution in [3.05, 3.63) is 96.7 Å². The summed E-state index contributed by atoms with van der Waals surface area (Å²) < 4.78 is 9.25. The first kappa shape index (κ1) is 19.0. The zero-order valence-electron chi connectivity index (χ0n) is 17.1. The van der Waals surface area contributed by atoms with E-state index in [1.165, 1.54) is 0 Å². The lowest BCUT2D eigenvalue weighted by Crippen LogP contribution is -2.13. The molecule has 2 aromatic carbocycles. The first-order valence-corrected chi connectivity index (χ1v) is 10.1. The van der Waals surface area contributed by atoms with Crippen molar-refractivity contribution in [2.45, 2.75) is 13.1 Å². The van der Waals surface area contributed by atoms with Crippen LogP contribution >= 0.6 is 0 Å². The molecule has 0 fully saturated rings. The molecule has 0 bridgehead atoms. The monoisotopic (exact) mass is 410 g/mol. The van der Waals surface area contributed by atoms with Gasteiger partial charge in [-0.3, -0.25) is 4.40 Å². The van der Waals surface area contributed by atoms with E-state index >= 15 is 0 Å². The van der Waals surface area contributed by atoms with E-state index in [1.807, 2.05) is 76.1 Å². The Labute approximate surface area is 180 Å². The van der Waals surface area contributed by atoms with Gasteiger partial charge in [-0.15, -0.1) is 0 Å². The third-order valence-corrected chi connectivity index (χ3v) is 5.06. The Morgan fingerprint density at radius 1 is 0.968 bits per heavy atom. The molecule has 0 atom stereocenters. The molecule has 0 spiro atoms. The molecule has 0 amide bonds. The number of nitrogens with zero attached hydrogens (tertiary/aromatic N) is 5. The summed E-state index contributed by atoms with van der Waals surface area (Å²) in [6, 6.07) is 20.0. The van der Waals surface area contributed by atoms with Gasteiger partial charge >= 0.3 is 0 Å². The first-order chi connectivity index (χ1) is 15.3. The Hall–Kier alpha value is -3.97. The van der Waals surface area contributed by atoms with Crippen molar-refractivity contribution in [3.8, 4) is 22.7 Å². The zero-order chi connectivity index (χ0) is 21.0. The van der Waals surface area contributed by atoms with E-state index in [0.717, 1.165) is 34.0 Å². The lowest BCUT2D eigenvalue weighted by molar-refractivity contribution is 0.415. The van der Waals surface area contributed by atoms with Crippen LogP contribution in [-0.2, 0) is 13.1 Å². The average Bonchev–Trinajstić information content (AvgIpc) is 3.44. The summed E-state index contributed by atoms with van der Waals surface area (Å²) in [6.45, 7) is 1.29. The second-order valence-corrected chi connectivity index (χ2v) is 7.18. The minimum Gasteiger partial charge on any atom is -0.497 e. The predicted molar refractivity (Wildman–Crippen MR) is 119 cm³/mol. The molecule has 31 heavy (non-hydrogen) atoms. The highest BCUT2D eigenvalue weighted by Crippen LogP contribution is 2.27. The lowest BCUT2D eigenvalue weighted by Gasteiger charge is -2.06. The zero-order valence-corrected chi connectivity index (χ0v) is 17.1. The maximum absolute atomic E-state index is 5.41. The van der Waals surface area contributed by atoms with Crippen LogP contribution in [0.3, 0.4) is 0 Å². The van der Waals surface area contributed by atoms with Crippen LogP contribution in [0.15, 0.2) is 85.5 Å². The van der Waals surface area contributed by atoms with Gasteiger partial charge in [0.05, 0.1) is 24.2 Å². The van der Waals surface area contributed by atoms with Crippen LogP contribution in [-0.4, -0.2) is 31.3 Å². The van der Waals surface area contributed by atoms with Crippen molar-refractivity contribution >= 4 is 5.78 Å². The van der Waals surface area contributed by atoms with Crippen LogP contribution in [0.1, 0.15) is 11.3 Å². The van der Waals surface area contributed by atoms with E-state index in [9.17, 15) is 0 Å². The minimum atomic E-state index is 0.636. The molecular weight excluding hydrogens is 388 g/mol. The Morgan fingerprint density at radius 3 is 2.71 bits per heavy atom. The van der Waals surface area contributed by atoms with Crippen molar-refractivity contribution in [3.63, 3.8) is 0 Å². The SMILES string of the molecule is COc1cccc(-c2nn(-c3ccccc3)cc2CNCc2cn3cccnc3n2)c1. The summed E-state index contributed by atoms with van der Waals surface area (Å²) in [7, 11) is 1.67. The molecule has 0 saturated heterocycles. The van der Waals surface area contributed by atoms with Gasteiger partial charge in [-0.25, -0.2) is 14.6 Å². The average molecular weight is 410 g/mol. The molecule has 0 saturated carbocycles. The molecule has 3 aromatic heterocycles. The summed E-state index contributed by atoms with van der Waals surface area (Å²) in [5, 5.41) is 8.37. The number of rotatable bonds is 7. The standard InChI is InChI=1S/C24H22N6O/c1-31-22-10-5-7-18(13-22)23-19(16-30(28-23)21-8-3-2-4-9-21)14-25-15-20-17-29-12-6-11-26-24(29)27-20/h2-13,16-17,25H,14-15H2,1H3. The Morgan fingerprint density at radius 2 is 1.87 bits per heavy atom. The van der Waals surface area contributed by atoms with Gasteiger partial charge in [0.1, 0.15) is 5.75 Å². The van der Waals surface area contributed by atoms with E-state index in [4.69, 9.17) is 9.84 Å². The molecule has 1 N–H and O–H groups in total. The molecule has 3 heterocycles. The highest BCUT2D eigenvalue weighted by Gasteiger charge is 2.13. The summed E-state index contributed by atoms with van der Waals surface area (Å²) in [5.74, 6) is 1.51. The van der Waals surface area contributed by atoms with Crippen molar-refractivity contribution in [1.29, 1.82) is 0 Å². The number of imidazole rings is 1. The Balaban J connectivity index is 1.42. The molecule has 5 rings (SSSR count). The molecule has 0 aliphatic rings. The van der Waals surface area contributed by atoms with Crippen molar-refractivity contribution in [2.75, 3.05) is 7.11 Å². The van der Waals surface area contributed by atoms with Crippen LogP contribution in [0.5, 0.6) is 5.75 Å². The first-order valence-electron chi connectivity index (χ1n) is 10.1. The van der Waals surface area contributed by atoms with E-state index in [2.05, 4.69) is 27.5 Å². The van der Waals surface area contributed by atoms with Crippen LogP contribution in [0, 0.1) is 0 Å².